The summed E-state index contributed by atoms with van der Waals surface area (Å²) in [4.78, 5) is 14.9. The fraction of sp³-hybridized carbons (Fsp3) is 0.409. The first-order chi connectivity index (χ1) is 12.4. The number of likely N-dealkylation sites (N-methyl/N-ethyl adjacent to an activating group) is 1. The predicted octanol–water partition coefficient (Wildman–Crippen LogP) is 3.58. The van der Waals surface area contributed by atoms with Gasteiger partial charge in [0.05, 0.1) is 12.6 Å². The lowest BCUT2D eigenvalue weighted by Crippen LogP contribution is -2.35. The van der Waals surface area contributed by atoms with Crippen molar-refractivity contribution in [2.75, 3.05) is 27.2 Å². The summed E-state index contributed by atoms with van der Waals surface area (Å²) in [6.07, 6.45) is 0.956. The van der Waals surface area contributed by atoms with Crippen molar-refractivity contribution in [1.82, 2.24) is 10.2 Å². The second-order valence-corrected chi connectivity index (χ2v) is 7.43. The molecule has 1 N–H and O–H groups in total. The third-order valence-corrected chi connectivity index (χ3v) is 5.08. The molecule has 0 bridgehead atoms. The van der Waals surface area contributed by atoms with E-state index in [1.807, 2.05) is 34.0 Å². The van der Waals surface area contributed by atoms with Gasteiger partial charge in [0.2, 0.25) is 0 Å². The zero-order valence-corrected chi connectivity index (χ0v) is 16.3. The summed E-state index contributed by atoms with van der Waals surface area (Å²) >= 11 is 0. The van der Waals surface area contributed by atoms with E-state index in [0.717, 1.165) is 35.5 Å². The molecule has 2 aromatic rings. The van der Waals surface area contributed by atoms with E-state index in [0.29, 0.717) is 6.54 Å². The Morgan fingerprint density at radius 3 is 2.50 bits per heavy atom. The van der Waals surface area contributed by atoms with E-state index in [9.17, 15) is 4.79 Å². The standard InChI is InChI=1S/C22H28N2O2/c1-14-10-15(2)21(16(3)11-14)22(25)23-13-19(24(4)5)17-6-7-20-18(12-17)8-9-26-20/h6-7,10-12,19H,8-9,13H2,1-5H3,(H,23,25). The minimum absolute atomic E-state index is 0.00339. The van der Waals surface area contributed by atoms with Gasteiger partial charge in [-0.25, -0.2) is 0 Å². The first kappa shape index (κ1) is 18.5. The highest BCUT2D eigenvalue weighted by molar-refractivity contribution is 5.97. The first-order valence-electron chi connectivity index (χ1n) is 9.15. The van der Waals surface area contributed by atoms with E-state index in [4.69, 9.17) is 4.74 Å². The van der Waals surface area contributed by atoms with E-state index < -0.39 is 0 Å². The number of amides is 1. The maximum absolute atomic E-state index is 12.8. The van der Waals surface area contributed by atoms with E-state index >= 15 is 0 Å². The molecule has 26 heavy (non-hydrogen) atoms. The van der Waals surface area contributed by atoms with Gasteiger partial charge in [0, 0.05) is 18.5 Å². The SMILES string of the molecule is Cc1cc(C)c(C(=O)NCC(c2ccc3c(c2)CCO3)N(C)C)c(C)c1. The minimum atomic E-state index is -0.00339. The number of aryl methyl sites for hydroxylation is 3. The number of carbonyl (C=O) groups is 1. The molecule has 0 radical (unpaired) electrons. The van der Waals surface area contributed by atoms with Gasteiger partial charge in [0.25, 0.3) is 5.91 Å². The van der Waals surface area contributed by atoms with E-state index in [1.54, 1.807) is 0 Å². The van der Waals surface area contributed by atoms with Gasteiger partial charge < -0.3 is 15.0 Å². The van der Waals surface area contributed by atoms with E-state index in [-0.39, 0.29) is 11.9 Å². The van der Waals surface area contributed by atoms with Crippen LogP contribution in [0, 0.1) is 20.8 Å². The van der Waals surface area contributed by atoms with Gasteiger partial charge in [0.15, 0.2) is 0 Å². The van der Waals surface area contributed by atoms with Gasteiger partial charge in [-0.2, -0.15) is 0 Å². The molecular formula is C22H28N2O2. The molecule has 0 saturated carbocycles. The fourth-order valence-electron chi connectivity index (χ4n) is 3.83. The molecule has 0 aromatic heterocycles. The van der Waals surface area contributed by atoms with Crippen LogP contribution < -0.4 is 10.1 Å². The molecule has 1 unspecified atom stereocenters. The number of nitrogens with zero attached hydrogens (tertiary/aromatic N) is 1. The Kier molecular flexibility index (Phi) is 5.33. The van der Waals surface area contributed by atoms with Crippen molar-refractivity contribution in [3.05, 3.63) is 63.7 Å². The molecule has 1 aliphatic heterocycles. The number of benzene rings is 2. The number of ether oxygens (including phenoxy) is 1. The lowest BCUT2D eigenvalue weighted by Gasteiger charge is -2.26. The van der Waals surface area contributed by atoms with Crippen LogP contribution in [0.25, 0.3) is 0 Å². The normalized spacial score (nSPS) is 14.1. The Hall–Kier alpha value is -2.33. The Morgan fingerprint density at radius 2 is 1.85 bits per heavy atom. The molecule has 0 aliphatic carbocycles. The molecular weight excluding hydrogens is 324 g/mol. The zero-order chi connectivity index (χ0) is 18.8. The average molecular weight is 352 g/mol. The molecule has 3 rings (SSSR count). The maximum Gasteiger partial charge on any atom is 0.251 e. The van der Waals surface area contributed by atoms with Crippen molar-refractivity contribution >= 4 is 5.91 Å². The van der Waals surface area contributed by atoms with Gasteiger partial charge >= 0.3 is 0 Å². The summed E-state index contributed by atoms with van der Waals surface area (Å²) in [5, 5.41) is 3.14. The van der Waals surface area contributed by atoms with Crippen LogP contribution in [0.3, 0.4) is 0 Å². The van der Waals surface area contributed by atoms with Gasteiger partial charge in [-0.3, -0.25) is 4.79 Å². The van der Waals surface area contributed by atoms with Crippen molar-refractivity contribution in [2.45, 2.75) is 33.2 Å². The van der Waals surface area contributed by atoms with Crippen LogP contribution in [0.4, 0.5) is 0 Å². The Balaban J connectivity index is 1.76. The van der Waals surface area contributed by atoms with Gasteiger partial charge in [0.1, 0.15) is 5.75 Å². The Labute approximate surface area is 156 Å². The smallest absolute Gasteiger partial charge is 0.251 e. The molecule has 138 valence electrons. The summed E-state index contributed by atoms with van der Waals surface area (Å²) < 4.78 is 5.60. The van der Waals surface area contributed by atoms with Crippen molar-refractivity contribution in [3.63, 3.8) is 0 Å². The summed E-state index contributed by atoms with van der Waals surface area (Å²) in [6, 6.07) is 10.6. The summed E-state index contributed by atoms with van der Waals surface area (Å²) in [7, 11) is 4.09. The topological polar surface area (TPSA) is 41.6 Å². The van der Waals surface area contributed by atoms with Crippen molar-refractivity contribution in [2.24, 2.45) is 0 Å². The monoisotopic (exact) mass is 352 g/mol. The molecule has 4 nitrogen and oxygen atoms in total. The number of hydrogen-bond acceptors (Lipinski definition) is 3. The highest BCUT2D eigenvalue weighted by atomic mass is 16.5. The third kappa shape index (κ3) is 3.75. The second kappa shape index (κ2) is 7.50. The molecule has 0 spiro atoms. The predicted molar refractivity (Wildman–Crippen MR) is 105 cm³/mol. The molecule has 4 heteroatoms. The quantitative estimate of drug-likeness (QED) is 0.894. The van der Waals surface area contributed by atoms with E-state index in [1.165, 1.54) is 16.7 Å². The second-order valence-electron chi connectivity index (χ2n) is 7.43. The summed E-state index contributed by atoms with van der Waals surface area (Å²) in [5.74, 6) is 0.984. The number of carbonyl (C=O) groups excluding carboxylic acids is 1. The van der Waals surface area contributed by atoms with Crippen LogP contribution in [0.1, 0.15) is 44.2 Å². The third-order valence-electron chi connectivity index (χ3n) is 5.08. The fourth-order valence-corrected chi connectivity index (χ4v) is 3.83. The van der Waals surface area contributed by atoms with Crippen molar-refractivity contribution in [1.29, 1.82) is 0 Å². The Bertz CT molecular complexity index is 804. The molecule has 1 aliphatic rings. The molecule has 1 amide bonds. The largest absolute Gasteiger partial charge is 0.493 e. The highest BCUT2D eigenvalue weighted by Gasteiger charge is 2.20. The first-order valence-corrected chi connectivity index (χ1v) is 9.15. The van der Waals surface area contributed by atoms with Gasteiger partial charge in [-0.15, -0.1) is 0 Å². The zero-order valence-electron chi connectivity index (χ0n) is 16.3. The minimum Gasteiger partial charge on any atom is -0.493 e. The van der Waals surface area contributed by atoms with Crippen molar-refractivity contribution < 1.29 is 9.53 Å². The van der Waals surface area contributed by atoms with Gasteiger partial charge in [-0.05, 0) is 63.2 Å². The van der Waals surface area contributed by atoms with Crippen LogP contribution in [-0.2, 0) is 6.42 Å². The average Bonchev–Trinajstić information content (AvgIpc) is 3.01. The lowest BCUT2D eigenvalue weighted by atomic mass is 9.98. The molecule has 1 heterocycles. The van der Waals surface area contributed by atoms with Crippen molar-refractivity contribution in [3.8, 4) is 5.75 Å². The molecule has 0 fully saturated rings. The van der Waals surface area contributed by atoms with Gasteiger partial charge in [-0.1, -0.05) is 29.8 Å². The Morgan fingerprint density at radius 1 is 1.15 bits per heavy atom. The van der Waals surface area contributed by atoms with E-state index in [2.05, 4.69) is 41.4 Å². The van der Waals surface area contributed by atoms with Crippen LogP contribution in [0.2, 0.25) is 0 Å². The summed E-state index contributed by atoms with van der Waals surface area (Å²) in [6.45, 7) is 7.38. The molecule has 1 atom stereocenters. The summed E-state index contributed by atoms with van der Waals surface area (Å²) in [5.41, 5.74) is 6.48. The van der Waals surface area contributed by atoms with Crippen LogP contribution in [-0.4, -0.2) is 38.1 Å². The number of nitrogens with one attached hydrogen (secondary N) is 1. The van der Waals surface area contributed by atoms with Crippen LogP contribution >= 0.6 is 0 Å². The number of rotatable bonds is 5. The maximum atomic E-state index is 12.8. The molecule has 0 saturated heterocycles. The highest BCUT2D eigenvalue weighted by Crippen LogP contribution is 2.29. The number of fused-ring (bicyclic) bond motifs is 1. The van der Waals surface area contributed by atoms with Crippen LogP contribution in [0.15, 0.2) is 30.3 Å². The van der Waals surface area contributed by atoms with Crippen LogP contribution in [0.5, 0.6) is 5.75 Å². The number of hydrogen-bond donors (Lipinski definition) is 1. The molecule has 2 aromatic carbocycles. The lowest BCUT2D eigenvalue weighted by molar-refractivity contribution is 0.0940.